The number of aromatic hydroxyl groups is 1. The molecule has 0 aromatic heterocycles. The molecule has 1 saturated heterocycles. The van der Waals surface area contributed by atoms with Gasteiger partial charge in [-0.05, 0) is 55.5 Å². The Morgan fingerprint density at radius 3 is 2.77 bits per heavy atom. The zero-order valence-corrected chi connectivity index (χ0v) is 18.0. The molecule has 2 aliphatic rings. The van der Waals surface area contributed by atoms with Crippen LogP contribution in [0.2, 0.25) is 0 Å². The highest BCUT2D eigenvalue weighted by molar-refractivity contribution is 5.92. The fraction of sp³-hybridized carbons (Fsp3) is 0.423. The van der Waals surface area contributed by atoms with Crippen LogP contribution in [0.15, 0.2) is 54.6 Å². The Labute approximate surface area is 184 Å². The highest BCUT2D eigenvalue weighted by Crippen LogP contribution is 2.50. The van der Waals surface area contributed by atoms with Crippen molar-refractivity contribution in [1.82, 2.24) is 4.90 Å². The van der Waals surface area contributed by atoms with E-state index in [1.807, 2.05) is 60.4 Å². The SMILES string of the molecule is CCOc1cc([C@H]2[C@H]3CCCC[C@]3(O)CCN2C(=O)/C=C/c2ccccc2)ccc1O. The normalized spacial score (nSPS) is 25.9. The number of benzene rings is 2. The van der Waals surface area contributed by atoms with Crippen LogP contribution in [0.1, 0.15) is 56.2 Å². The van der Waals surface area contributed by atoms with Crippen LogP contribution in [-0.4, -0.2) is 39.8 Å². The second kappa shape index (κ2) is 9.15. The lowest BCUT2D eigenvalue weighted by Crippen LogP contribution is -2.56. The van der Waals surface area contributed by atoms with Crippen molar-refractivity contribution in [2.45, 2.75) is 50.7 Å². The van der Waals surface area contributed by atoms with Crippen LogP contribution in [-0.2, 0) is 4.79 Å². The van der Waals surface area contributed by atoms with Crippen molar-refractivity contribution in [2.75, 3.05) is 13.2 Å². The van der Waals surface area contributed by atoms with Gasteiger partial charge < -0.3 is 19.8 Å². The Hall–Kier alpha value is -2.79. The summed E-state index contributed by atoms with van der Waals surface area (Å²) in [5, 5.41) is 21.6. The fourth-order valence-electron chi connectivity index (χ4n) is 5.15. The van der Waals surface area contributed by atoms with Gasteiger partial charge in [-0.15, -0.1) is 0 Å². The highest BCUT2D eigenvalue weighted by Gasteiger charge is 2.50. The van der Waals surface area contributed by atoms with Gasteiger partial charge in [0.2, 0.25) is 5.91 Å². The first kappa shape index (κ1) is 21.4. The number of hydrogen-bond donors (Lipinski definition) is 2. The van der Waals surface area contributed by atoms with E-state index in [1.54, 1.807) is 12.1 Å². The summed E-state index contributed by atoms with van der Waals surface area (Å²) in [5.74, 6) is 0.398. The van der Waals surface area contributed by atoms with E-state index >= 15 is 0 Å². The second-order valence-electron chi connectivity index (χ2n) is 8.59. The summed E-state index contributed by atoms with van der Waals surface area (Å²) in [5.41, 5.74) is 1.11. The number of phenols is 1. The third-order valence-corrected chi connectivity index (χ3v) is 6.69. The number of piperidine rings is 1. The summed E-state index contributed by atoms with van der Waals surface area (Å²) in [4.78, 5) is 15.2. The Morgan fingerprint density at radius 2 is 2.00 bits per heavy atom. The number of ether oxygens (including phenoxy) is 1. The second-order valence-corrected chi connectivity index (χ2v) is 8.59. The third kappa shape index (κ3) is 4.47. The van der Waals surface area contributed by atoms with Crippen molar-refractivity contribution >= 4 is 12.0 Å². The molecule has 1 saturated carbocycles. The highest BCUT2D eigenvalue weighted by atomic mass is 16.5. The Balaban J connectivity index is 1.69. The topological polar surface area (TPSA) is 70.0 Å². The van der Waals surface area contributed by atoms with E-state index in [-0.39, 0.29) is 23.6 Å². The first-order chi connectivity index (χ1) is 15.0. The Morgan fingerprint density at radius 1 is 1.19 bits per heavy atom. The van der Waals surface area contributed by atoms with E-state index in [0.717, 1.165) is 36.8 Å². The summed E-state index contributed by atoms with van der Waals surface area (Å²) < 4.78 is 5.60. The molecule has 2 N–H and O–H groups in total. The zero-order valence-electron chi connectivity index (χ0n) is 18.0. The summed E-state index contributed by atoms with van der Waals surface area (Å²) in [7, 11) is 0. The maximum Gasteiger partial charge on any atom is 0.247 e. The van der Waals surface area contributed by atoms with Crippen molar-refractivity contribution in [3.63, 3.8) is 0 Å². The first-order valence-electron chi connectivity index (χ1n) is 11.2. The number of fused-ring (bicyclic) bond motifs is 1. The van der Waals surface area contributed by atoms with Gasteiger partial charge in [-0.25, -0.2) is 0 Å². The molecule has 2 aromatic carbocycles. The minimum Gasteiger partial charge on any atom is -0.504 e. The molecule has 2 aromatic rings. The molecule has 1 amide bonds. The fourth-order valence-corrected chi connectivity index (χ4v) is 5.15. The maximum atomic E-state index is 13.3. The van der Waals surface area contributed by atoms with Gasteiger partial charge in [-0.2, -0.15) is 0 Å². The molecule has 0 bridgehead atoms. The lowest BCUT2D eigenvalue weighted by Gasteiger charge is -2.52. The number of hydrogen-bond acceptors (Lipinski definition) is 4. The van der Waals surface area contributed by atoms with Gasteiger partial charge in [0.25, 0.3) is 0 Å². The van der Waals surface area contributed by atoms with Gasteiger partial charge in [0.1, 0.15) is 0 Å². The minimum atomic E-state index is -0.757. The van der Waals surface area contributed by atoms with Gasteiger partial charge in [0.05, 0.1) is 18.2 Å². The molecule has 4 rings (SSSR count). The van der Waals surface area contributed by atoms with E-state index in [4.69, 9.17) is 4.74 Å². The number of amides is 1. The van der Waals surface area contributed by atoms with Crippen molar-refractivity contribution in [1.29, 1.82) is 0 Å². The van der Waals surface area contributed by atoms with Crippen molar-refractivity contribution in [2.24, 2.45) is 5.92 Å². The van der Waals surface area contributed by atoms with E-state index in [9.17, 15) is 15.0 Å². The predicted octanol–water partition coefficient (Wildman–Crippen LogP) is 4.70. The minimum absolute atomic E-state index is 0.0388. The van der Waals surface area contributed by atoms with Crippen molar-refractivity contribution in [3.8, 4) is 11.5 Å². The summed E-state index contributed by atoms with van der Waals surface area (Å²) >= 11 is 0. The van der Waals surface area contributed by atoms with E-state index in [1.165, 1.54) is 0 Å². The Bertz CT molecular complexity index is 942. The molecule has 1 aliphatic carbocycles. The molecule has 0 unspecified atom stereocenters. The van der Waals surface area contributed by atoms with Crippen LogP contribution in [0.5, 0.6) is 11.5 Å². The number of phenolic OH excluding ortho intramolecular Hbond substituents is 1. The quantitative estimate of drug-likeness (QED) is 0.687. The molecule has 1 aliphatic heterocycles. The number of likely N-dealkylation sites (tertiary alicyclic amines) is 1. The van der Waals surface area contributed by atoms with Crippen molar-refractivity contribution in [3.05, 3.63) is 65.7 Å². The number of carbonyl (C=O) groups excluding carboxylic acids is 1. The molecule has 3 atom stereocenters. The van der Waals surface area contributed by atoms with E-state index in [0.29, 0.717) is 25.3 Å². The number of carbonyl (C=O) groups is 1. The molecule has 5 nitrogen and oxygen atoms in total. The number of nitrogens with zero attached hydrogens (tertiary/aromatic N) is 1. The first-order valence-corrected chi connectivity index (χ1v) is 11.2. The molecular weight excluding hydrogens is 390 g/mol. The number of rotatable bonds is 5. The molecule has 0 spiro atoms. The Kier molecular flexibility index (Phi) is 6.33. The molecule has 164 valence electrons. The van der Waals surface area contributed by atoms with E-state index < -0.39 is 5.60 Å². The van der Waals surface area contributed by atoms with Gasteiger partial charge in [0, 0.05) is 18.5 Å². The molecule has 2 fully saturated rings. The van der Waals surface area contributed by atoms with Crippen LogP contribution in [0.3, 0.4) is 0 Å². The maximum absolute atomic E-state index is 13.3. The van der Waals surface area contributed by atoms with Gasteiger partial charge in [-0.1, -0.05) is 49.2 Å². The third-order valence-electron chi connectivity index (χ3n) is 6.69. The smallest absolute Gasteiger partial charge is 0.247 e. The van der Waals surface area contributed by atoms with Gasteiger partial charge >= 0.3 is 0 Å². The van der Waals surface area contributed by atoms with Gasteiger partial charge in [0.15, 0.2) is 11.5 Å². The molecule has 1 heterocycles. The zero-order chi connectivity index (χ0) is 21.8. The van der Waals surface area contributed by atoms with Crippen LogP contribution >= 0.6 is 0 Å². The summed E-state index contributed by atoms with van der Waals surface area (Å²) in [6, 6.07) is 14.8. The van der Waals surface area contributed by atoms with Crippen LogP contribution in [0, 0.1) is 5.92 Å². The molecule has 0 radical (unpaired) electrons. The van der Waals surface area contributed by atoms with Crippen LogP contribution in [0.4, 0.5) is 0 Å². The average Bonchev–Trinajstić information content (AvgIpc) is 2.79. The molecular formula is C26H31NO4. The molecule has 5 heteroatoms. The lowest BCUT2D eigenvalue weighted by molar-refractivity contribution is -0.150. The van der Waals surface area contributed by atoms with E-state index in [2.05, 4.69) is 0 Å². The standard InChI is InChI=1S/C26H31NO4/c1-2-31-23-18-20(12-13-22(23)28)25-21-10-6-7-15-26(21,30)16-17-27(25)24(29)14-11-19-8-4-3-5-9-19/h3-5,8-9,11-14,18,21,25,28,30H,2,6-7,10,15-17H2,1H3/b14-11+/t21-,25+,26+/m1/s1. The van der Waals surface area contributed by atoms with Crippen LogP contribution in [0.25, 0.3) is 6.08 Å². The van der Waals surface area contributed by atoms with Crippen LogP contribution < -0.4 is 4.74 Å². The number of aliphatic hydroxyl groups is 1. The van der Waals surface area contributed by atoms with Gasteiger partial charge in [-0.3, -0.25) is 4.79 Å². The predicted molar refractivity (Wildman–Crippen MR) is 121 cm³/mol. The van der Waals surface area contributed by atoms with Crippen molar-refractivity contribution < 1.29 is 19.7 Å². The summed E-state index contributed by atoms with van der Waals surface area (Å²) in [6.07, 6.45) is 7.76. The summed E-state index contributed by atoms with van der Waals surface area (Å²) in [6.45, 7) is 2.81. The largest absolute Gasteiger partial charge is 0.504 e. The average molecular weight is 422 g/mol. The molecule has 31 heavy (non-hydrogen) atoms. The monoisotopic (exact) mass is 421 g/mol. The lowest BCUT2D eigenvalue weighted by atomic mass is 9.66.